The van der Waals surface area contributed by atoms with Crippen molar-refractivity contribution in [3.63, 3.8) is 0 Å². The summed E-state index contributed by atoms with van der Waals surface area (Å²) >= 11 is 6.74. The van der Waals surface area contributed by atoms with Gasteiger partial charge in [-0.15, -0.1) is 0 Å². The molecule has 1 heterocycles. The lowest BCUT2D eigenvalue weighted by atomic mass is 10.0. The fourth-order valence-electron chi connectivity index (χ4n) is 3.53. The van der Waals surface area contributed by atoms with Crippen molar-refractivity contribution in [2.24, 2.45) is 0 Å². The Morgan fingerprint density at radius 3 is 2.35 bits per heavy atom. The number of carbonyl (C=O) groups is 3. The number of aliphatic carboxylic acids is 1. The fraction of sp³-hybridized carbons (Fsp3) is 0.308. The van der Waals surface area contributed by atoms with Gasteiger partial charge in [0.2, 0.25) is 5.91 Å². The number of rotatable bonds is 12. The van der Waals surface area contributed by atoms with E-state index in [1.54, 1.807) is 4.90 Å². The molecule has 1 saturated heterocycles. The van der Waals surface area contributed by atoms with Crippen LogP contribution < -0.4 is 5.32 Å². The van der Waals surface area contributed by atoms with Gasteiger partial charge in [0.1, 0.15) is 4.32 Å². The van der Waals surface area contributed by atoms with E-state index in [0.29, 0.717) is 41.6 Å². The molecular weight excluding hydrogens is 468 g/mol. The maximum atomic E-state index is 12.8. The number of benzene rings is 2. The molecule has 0 atom stereocenters. The van der Waals surface area contributed by atoms with E-state index in [0.717, 1.165) is 29.5 Å². The minimum absolute atomic E-state index is 0.0531. The minimum Gasteiger partial charge on any atom is -0.481 e. The van der Waals surface area contributed by atoms with E-state index >= 15 is 0 Å². The third kappa shape index (κ3) is 7.81. The summed E-state index contributed by atoms with van der Waals surface area (Å²) in [5.41, 5.74) is 3.23. The summed E-state index contributed by atoms with van der Waals surface area (Å²) in [6.07, 6.45) is 5.03. The molecule has 0 spiro atoms. The fourth-order valence-corrected chi connectivity index (χ4v) is 4.84. The number of amides is 2. The zero-order valence-electron chi connectivity index (χ0n) is 18.9. The number of thioether (sulfide) groups is 1. The number of hydrogen-bond donors (Lipinski definition) is 2. The molecule has 2 amide bonds. The molecule has 0 aromatic heterocycles. The Hall–Kier alpha value is -2.97. The van der Waals surface area contributed by atoms with Crippen LogP contribution in [0.1, 0.15) is 44.1 Å². The normalized spacial score (nSPS) is 14.6. The van der Waals surface area contributed by atoms with Gasteiger partial charge in [0, 0.05) is 25.9 Å². The van der Waals surface area contributed by atoms with E-state index in [9.17, 15) is 14.4 Å². The number of nitrogens with zero attached hydrogens (tertiary/aromatic N) is 1. The van der Waals surface area contributed by atoms with Crippen LogP contribution >= 0.6 is 24.0 Å². The molecule has 0 bridgehead atoms. The predicted molar refractivity (Wildman–Crippen MR) is 140 cm³/mol. The first kappa shape index (κ1) is 25.6. The first-order chi connectivity index (χ1) is 16.4. The molecule has 0 unspecified atom stereocenters. The van der Waals surface area contributed by atoms with Crippen LogP contribution in [-0.4, -0.2) is 45.2 Å². The number of carboxylic acid groups (broad SMARTS) is 1. The van der Waals surface area contributed by atoms with Crippen LogP contribution in [0.5, 0.6) is 0 Å². The van der Waals surface area contributed by atoms with Crippen LogP contribution in [-0.2, 0) is 14.4 Å². The largest absolute Gasteiger partial charge is 0.481 e. The van der Waals surface area contributed by atoms with Gasteiger partial charge in [-0.3, -0.25) is 19.3 Å². The Labute approximate surface area is 209 Å². The van der Waals surface area contributed by atoms with Crippen molar-refractivity contribution in [2.75, 3.05) is 13.1 Å². The maximum absolute atomic E-state index is 12.8. The van der Waals surface area contributed by atoms with Crippen LogP contribution in [0.4, 0.5) is 0 Å². The molecule has 8 heteroatoms. The average Bonchev–Trinajstić information content (AvgIpc) is 3.09. The van der Waals surface area contributed by atoms with Crippen LogP contribution in [0, 0.1) is 0 Å². The molecule has 0 aliphatic carbocycles. The van der Waals surface area contributed by atoms with Gasteiger partial charge in [-0.25, -0.2) is 0 Å². The summed E-state index contributed by atoms with van der Waals surface area (Å²) in [6, 6.07) is 18.2. The Morgan fingerprint density at radius 2 is 1.65 bits per heavy atom. The number of unbranched alkanes of at least 4 members (excludes halogenated alkanes) is 2. The van der Waals surface area contributed by atoms with Crippen LogP contribution in [0.15, 0.2) is 59.5 Å². The Balaban J connectivity index is 1.41. The lowest BCUT2D eigenvalue weighted by molar-refractivity contribution is -0.137. The Morgan fingerprint density at radius 1 is 0.941 bits per heavy atom. The first-order valence-electron chi connectivity index (χ1n) is 11.3. The number of nitrogens with one attached hydrogen (secondary N) is 1. The van der Waals surface area contributed by atoms with E-state index in [1.807, 2.05) is 48.5 Å². The van der Waals surface area contributed by atoms with Gasteiger partial charge >= 0.3 is 5.97 Å². The van der Waals surface area contributed by atoms with Gasteiger partial charge in [-0.1, -0.05) is 85.0 Å². The smallest absolute Gasteiger partial charge is 0.303 e. The highest BCUT2D eigenvalue weighted by atomic mass is 32.2. The van der Waals surface area contributed by atoms with E-state index < -0.39 is 5.97 Å². The second-order valence-electron chi connectivity index (χ2n) is 7.98. The lowest BCUT2D eigenvalue weighted by Crippen LogP contribution is -2.29. The van der Waals surface area contributed by atoms with Crippen molar-refractivity contribution in [1.29, 1.82) is 0 Å². The molecule has 2 aromatic rings. The third-order valence-corrected chi connectivity index (χ3v) is 6.74. The zero-order valence-corrected chi connectivity index (χ0v) is 20.5. The molecular formula is C26H28N2O4S2. The van der Waals surface area contributed by atoms with Crippen LogP contribution in [0.25, 0.3) is 17.2 Å². The number of hydrogen-bond acceptors (Lipinski definition) is 5. The van der Waals surface area contributed by atoms with Gasteiger partial charge in [-0.2, -0.15) is 0 Å². The third-order valence-electron chi connectivity index (χ3n) is 5.36. The SMILES string of the molecule is O=C(O)CCCNC(=O)CCCCCN1C(=O)/C(=C/c2ccc(-c3ccccc3)cc2)SC1=S. The monoisotopic (exact) mass is 496 g/mol. The molecule has 3 rings (SSSR count). The van der Waals surface area contributed by atoms with Crippen LogP contribution in [0.2, 0.25) is 0 Å². The second kappa shape index (κ2) is 13.1. The molecule has 0 saturated carbocycles. The van der Waals surface area contributed by atoms with E-state index in [1.165, 1.54) is 11.8 Å². The molecule has 0 radical (unpaired) electrons. The summed E-state index contributed by atoms with van der Waals surface area (Å²) < 4.78 is 0.563. The lowest BCUT2D eigenvalue weighted by Gasteiger charge is -2.14. The summed E-state index contributed by atoms with van der Waals surface area (Å²) in [5, 5.41) is 11.3. The van der Waals surface area contributed by atoms with Crippen molar-refractivity contribution in [3.05, 3.63) is 65.1 Å². The summed E-state index contributed by atoms with van der Waals surface area (Å²) in [5.74, 6) is -1.00. The molecule has 1 fully saturated rings. The quantitative estimate of drug-likeness (QED) is 0.242. The van der Waals surface area contributed by atoms with Crippen molar-refractivity contribution in [1.82, 2.24) is 10.2 Å². The molecule has 2 N–H and O–H groups in total. The van der Waals surface area contributed by atoms with Gasteiger partial charge in [0.05, 0.1) is 4.91 Å². The molecule has 1 aliphatic heterocycles. The highest BCUT2D eigenvalue weighted by Gasteiger charge is 2.31. The predicted octanol–water partition coefficient (Wildman–Crippen LogP) is 5.10. The van der Waals surface area contributed by atoms with Crippen molar-refractivity contribution in [2.45, 2.75) is 38.5 Å². The van der Waals surface area contributed by atoms with E-state index in [-0.39, 0.29) is 18.2 Å². The highest BCUT2D eigenvalue weighted by Crippen LogP contribution is 2.33. The molecule has 34 heavy (non-hydrogen) atoms. The first-order valence-corrected chi connectivity index (χ1v) is 12.6. The van der Waals surface area contributed by atoms with Crippen molar-refractivity contribution in [3.8, 4) is 11.1 Å². The zero-order chi connectivity index (χ0) is 24.3. The van der Waals surface area contributed by atoms with Crippen molar-refractivity contribution < 1.29 is 19.5 Å². The van der Waals surface area contributed by atoms with E-state index in [2.05, 4.69) is 17.4 Å². The Bertz CT molecular complexity index is 1050. The van der Waals surface area contributed by atoms with Gasteiger partial charge in [0.15, 0.2) is 0 Å². The molecule has 2 aromatic carbocycles. The van der Waals surface area contributed by atoms with Gasteiger partial charge in [0.25, 0.3) is 5.91 Å². The summed E-state index contributed by atoms with van der Waals surface area (Å²) in [7, 11) is 0. The maximum Gasteiger partial charge on any atom is 0.303 e. The minimum atomic E-state index is -0.860. The average molecular weight is 497 g/mol. The van der Waals surface area contributed by atoms with Gasteiger partial charge in [-0.05, 0) is 42.0 Å². The Kier molecular flexibility index (Phi) is 9.85. The highest BCUT2D eigenvalue weighted by molar-refractivity contribution is 8.26. The summed E-state index contributed by atoms with van der Waals surface area (Å²) in [4.78, 5) is 37.3. The molecule has 178 valence electrons. The van der Waals surface area contributed by atoms with Gasteiger partial charge < -0.3 is 10.4 Å². The number of carbonyl (C=O) groups excluding carboxylic acids is 2. The number of thiocarbonyl (C=S) groups is 1. The summed E-state index contributed by atoms with van der Waals surface area (Å²) in [6.45, 7) is 0.915. The van der Waals surface area contributed by atoms with Crippen LogP contribution in [0.3, 0.4) is 0 Å². The van der Waals surface area contributed by atoms with Crippen molar-refractivity contribution >= 4 is 52.2 Å². The molecule has 6 nitrogen and oxygen atoms in total. The molecule has 1 aliphatic rings. The van der Waals surface area contributed by atoms with E-state index in [4.69, 9.17) is 17.3 Å². The topological polar surface area (TPSA) is 86.7 Å². The number of carboxylic acids is 1. The standard InChI is InChI=1S/C26H28N2O4S2/c29-23(27-16-7-11-24(30)31)10-5-2-6-17-28-25(32)22(34-26(28)33)18-19-12-14-21(15-13-19)20-8-3-1-4-9-20/h1,3-4,8-9,12-15,18H,2,5-7,10-11,16-17H2,(H,27,29)(H,30,31)/b22-18-. The second-order valence-corrected chi connectivity index (χ2v) is 9.66.